The fourth-order valence-electron chi connectivity index (χ4n) is 2.35. The lowest BCUT2D eigenvalue weighted by atomic mass is 9.90. The van der Waals surface area contributed by atoms with Gasteiger partial charge in [0.2, 0.25) is 5.91 Å². The molecule has 0 bridgehead atoms. The van der Waals surface area contributed by atoms with E-state index >= 15 is 0 Å². The van der Waals surface area contributed by atoms with Gasteiger partial charge in [-0.25, -0.2) is 13.2 Å². The zero-order valence-electron chi connectivity index (χ0n) is 11.6. The van der Waals surface area contributed by atoms with Gasteiger partial charge in [0.25, 0.3) is 12.3 Å². The zero-order valence-corrected chi connectivity index (χ0v) is 11.6. The molecule has 8 heteroatoms. The van der Waals surface area contributed by atoms with Gasteiger partial charge in [-0.2, -0.15) is 0 Å². The summed E-state index contributed by atoms with van der Waals surface area (Å²) in [6, 6.07) is 2.76. The van der Waals surface area contributed by atoms with Gasteiger partial charge in [-0.05, 0) is 18.2 Å². The number of nitrogens with zero attached hydrogens (tertiary/aromatic N) is 1. The molecule has 2 amide bonds. The number of carbonyl (C=O) groups is 2. The van der Waals surface area contributed by atoms with Crippen LogP contribution >= 0.6 is 0 Å². The molecule has 3 N–H and O–H groups in total. The fraction of sp³-hybridized carbons (Fsp3) is 0.429. The van der Waals surface area contributed by atoms with Crippen molar-refractivity contribution in [3.05, 3.63) is 35.1 Å². The third kappa shape index (κ3) is 3.06. The van der Waals surface area contributed by atoms with E-state index in [1.807, 2.05) is 0 Å². The first-order chi connectivity index (χ1) is 10.2. The highest BCUT2D eigenvalue weighted by Crippen LogP contribution is 2.26. The molecule has 1 aromatic rings. The van der Waals surface area contributed by atoms with Crippen LogP contribution in [0.15, 0.2) is 18.2 Å². The predicted molar refractivity (Wildman–Crippen MR) is 70.6 cm³/mol. The van der Waals surface area contributed by atoms with E-state index in [1.165, 1.54) is 4.90 Å². The van der Waals surface area contributed by atoms with Crippen molar-refractivity contribution < 1.29 is 27.9 Å². The molecule has 1 saturated heterocycles. The van der Waals surface area contributed by atoms with E-state index in [4.69, 9.17) is 5.73 Å². The second kappa shape index (κ2) is 5.96. The Morgan fingerprint density at radius 1 is 1.27 bits per heavy atom. The lowest BCUT2D eigenvalue weighted by Gasteiger charge is -2.36. The van der Waals surface area contributed by atoms with Gasteiger partial charge in [0.15, 0.2) is 0 Å². The lowest BCUT2D eigenvalue weighted by molar-refractivity contribution is -0.140. The number of piperidine rings is 1. The summed E-state index contributed by atoms with van der Waals surface area (Å²) in [7, 11) is 0. The maximum atomic E-state index is 13.2. The first kappa shape index (κ1) is 16.3. The Morgan fingerprint density at radius 3 is 2.36 bits per heavy atom. The molecule has 0 radical (unpaired) electrons. The molecule has 0 atom stereocenters. The van der Waals surface area contributed by atoms with Crippen LogP contribution in [0.3, 0.4) is 0 Å². The molecule has 1 aliphatic rings. The molecule has 1 fully saturated rings. The average Bonchev–Trinajstić information content (AvgIpc) is 2.47. The molecule has 5 nitrogen and oxygen atoms in total. The van der Waals surface area contributed by atoms with E-state index in [2.05, 4.69) is 0 Å². The van der Waals surface area contributed by atoms with Gasteiger partial charge < -0.3 is 15.7 Å². The van der Waals surface area contributed by atoms with Crippen LogP contribution in [-0.4, -0.2) is 40.5 Å². The van der Waals surface area contributed by atoms with Gasteiger partial charge in [-0.1, -0.05) is 0 Å². The van der Waals surface area contributed by atoms with Crippen molar-refractivity contribution in [1.29, 1.82) is 0 Å². The Kier molecular flexibility index (Phi) is 4.41. The molecule has 0 unspecified atom stereocenters. The van der Waals surface area contributed by atoms with Gasteiger partial charge in [-0.3, -0.25) is 9.59 Å². The van der Waals surface area contributed by atoms with Gasteiger partial charge in [0.05, 0.1) is 5.56 Å². The highest BCUT2D eigenvalue weighted by atomic mass is 19.3. The van der Waals surface area contributed by atoms with E-state index < -0.39 is 35.2 Å². The van der Waals surface area contributed by atoms with Crippen LogP contribution in [0.1, 0.15) is 35.2 Å². The van der Waals surface area contributed by atoms with Crippen molar-refractivity contribution in [3.8, 4) is 0 Å². The van der Waals surface area contributed by atoms with Crippen molar-refractivity contribution in [2.24, 2.45) is 5.73 Å². The lowest BCUT2D eigenvalue weighted by Crippen LogP contribution is -2.53. The average molecular weight is 316 g/mol. The summed E-state index contributed by atoms with van der Waals surface area (Å²) in [5.74, 6) is -2.50. The molecular formula is C14H15F3N2O3. The fourth-order valence-corrected chi connectivity index (χ4v) is 2.35. The summed E-state index contributed by atoms with van der Waals surface area (Å²) < 4.78 is 38.5. The molecule has 1 aliphatic heterocycles. The number of halogens is 3. The van der Waals surface area contributed by atoms with Crippen molar-refractivity contribution in [2.75, 3.05) is 13.1 Å². The second-order valence-corrected chi connectivity index (χ2v) is 5.23. The highest BCUT2D eigenvalue weighted by molar-refractivity contribution is 5.94. The normalized spacial score (nSPS) is 17.6. The van der Waals surface area contributed by atoms with Crippen LogP contribution in [0.2, 0.25) is 0 Å². The first-order valence-electron chi connectivity index (χ1n) is 6.64. The summed E-state index contributed by atoms with van der Waals surface area (Å²) in [6.07, 6.45) is -3.08. The number of hydrogen-bond acceptors (Lipinski definition) is 3. The van der Waals surface area contributed by atoms with E-state index in [-0.39, 0.29) is 31.5 Å². The maximum Gasteiger partial charge on any atom is 0.266 e. The van der Waals surface area contributed by atoms with E-state index in [0.717, 1.165) is 18.2 Å². The van der Waals surface area contributed by atoms with Crippen molar-refractivity contribution in [2.45, 2.75) is 24.9 Å². The number of carbonyl (C=O) groups excluding carboxylic acids is 2. The Bertz CT molecular complexity index is 599. The van der Waals surface area contributed by atoms with Crippen LogP contribution in [-0.2, 0) is 4.79 Å². The molecule has 120 valence electrons. The molecule has 0 aliphatic carbocycles. The topological polar surface area (TPSA) is 83.6 Å². The van der Waals surface area contributed by atoms with Gasteiger partial charge in [-0.15, -0.1) is 0 Å². The number of amides is 2. The van der Waals surface area contributed by atoms with Crippen LogP contribution in [0.25, 0.3) is 0 Å². The molecule has 1 heterocycles. The minimum atomic E-state index is -3.02. The molecule has 0 saturated carbocycles. The summed E-state index contributed by atoms with van der Waals surface area (Å²) in [6.45, 7) is 0.110. The maximum absolute atomic E-state index is 13.2. The van der Waals surface area contributed by atoms with Crippen molar-refractivity contribution in [3.63, 3.8) is 0 Å². The van der Waals surface area contributed by atoms with Crippen LogP contribution < -0.4 is 5.73 Å². The first-order valence-corrected chi connectivity index (χ1v) is 6.64. The number of likely N-dealkylation sites (tertiary alicyclic amines) is 1. The Labute approximate surface area is 124 Å². The van der Waals surface area contributed by atoms with Crippen LogP contribution in [0, 0.1) is 5.82 Å². The minimum absolute atomic E-state index is 0.0308. The van der Waals surface area contributed by atoms with Crippen LogP contribution in [0.4, 0.5) is 13.2 Å². The highest BCUT2D eigenvalue weighted by Gasteiger charge is 2.39. The van der Waals surface area contributed by atoms with E-state index in [0.29, 0.717) is 0 Å². The largest absolute Gasteiger partial charge is 0.380 e. The SMILES string of the molecule is NC(=O)C1(O)CCN(C(=O)c2ccc(F)c(C(F)F)c2)CC1. The zero-order chi connectivity index (χ0) is 16.5. The molecule has 1 aromatic carbocycles. The van der Waals surface area contributed by atoms with Crippen molar-refractivity contribution >= 4 is 11.8 Å². The number of aliphatic hydroxyl groups is 1. The summed E-state index contributed by atoms with van der Waals surface area (Å²) >= 11 is 0. The number of rotatable bonds is 3. The summed E-state index contributed by atoms with van der Waals surface area (Å²) in [5.41, 5.74) is 2.52. The third-order valence-electron chi connectivity index (χ3n) is 3.81. The Balaban J connectivity index is 2.14. The molecule has 22 heavy (non-hydrogen) atoms. The molecule has 2 rings (SSSR count). The second-order valence-electron chi connectivity index (χ2n) is 5.23. The Morgan fingerprint density at radius 2 is 1.86 bits per heavy atom. The molecular weight excluding hydrogens is 301 g/mol. The quantitative estimate of drug-likeness (QED) is 0.879. The monoisotopic (exact) mass is 316 g/mol. The number of benzene rings is 1. The summed E-state index contributed by atoms with van der Waals surface area (Å²) in [5, 5.41) is 9.91. The number of alkyl halides is 2. The Hall–Kier alpha value is -2.09. The van der Waals surface area contributed by atoms with Gasteiger partial charge in [0.1, 0.15) is 11.4 Å². The van der Waals surface area contributed by atoms with E-state index in [9.17, 15) is 27.9 Å². The minimum Gasteiger partial charge on any atom is -0.380 e. The number of nitrogens with two attached hydrogens (primary N) is 1. The van der Waals surface area contributed by atoms with Gasteiger partial charge in [0, 0.05) is 31.5 Å². The molecule has 0 spiro atoms. The standard InChI is InChI=1S/C14H15F3N2O3/c15-10-2-1-8(7-9(10)11(16)17)12(20)19-5-3-14(22,4-6-19)13(18)21/h1-2,7,11,22H,3-6H2,(H2,18,21). The molecule has 0 aromatic heterocycles. The van der Waals surface area contributed by atoms with Crippen LogP contribution in [0.5, 0.6) is 0 Å². The smallest absolute Gasteiger partial charge is 0.266 e. The number of primary amides is 1. The predicted octanol–water partition coefficient (Wildman–Crippen LogP) is 1.22. The van der Waals surface area contributed by atoms with Gasteiger partial charge >= 0.3 is 0 Å². The van der Waals surface area contributed by atoms with E-state index in [1.54, 1.807) is 0 Å². The third-order valence-corrected chi connectivity index (χ3v) is 3.81. The summed E-state index contributed by atoms with van der Waals surface area (Å²) in [4.78, 5) is 24.7. The number of hydrogen-bond donors (Lipinski definition) is 2. The van der Waals surface area contributed by atoms with Crippen molar-refractivity contribution in [1.82, 2.24) is 4.90 Å².